The molecule has 0 radical (unpaired) electrons. The molecule has 1 aliphatic rings. The van der Waals surface area contributed by atoms with Gasteiger partial charge in [-0.05, 0) is 59.1 Å². The molecule has 1 aliphatic heterocycles. The normalized spacial score (nSPS) is 17.0. The van der Waals surface area contributed by atoms with Gasteiger partial charge in [0.05, 0.1) is 18.3 Å². The fourth-order valence-electron chi connectivity index (χ4n) is 3.70. The molecule has 1 unspecified atom stereocenters. The van der Waals surface area contributed by atoms with E-state index in [1.54, 1.807) is 0 Å². The number of ether oxygens (including phenoxy) is 1. The van der Waals surface area contributed by atoms with Gasteiger partial charge in [0.15, 0.2) is 5.96 Å². The van der Waals surface area contributed by atoms with Crippen LogP contribution in [0.1, 0.15) is 66.0 Å². The van der Waals surface area contributed by atoms with Crippen LogP contribution in [-0.4, -0.2) is 65.8 Å². The van der Waals surface area contributed by atoms with E-state index < -0.39 is 5.60 Å². The standard InChI is InChI=1S/C24H42N6O2/c1-6-10-20(29-23(31)32-24(3,4)5)17-27-22(25-7-2)28-19-12-15-30(16-13-19)18-21-11-8-9-14-26-21/h8-9,11,14,19-20H,6-7,10,12-13,15-18H2,1-5H3,(H,29,31)(H2,25,27,28). The Morgan fingerprint density at radius 1 is 1.28 bits per heavy atom. The molecule has 0 aliphatic carbocycles. The number of piperidine rings is 1. The van der Waals surface area contributed by atoms with Gasteiger partial charge in [-0.3, -0.25) is 14.9 Å². The van der Waals surface area contributed by atoms with Gasteiger partial charge in [-0.15, -0.1) is 0 Å². The average molecular weight is 447 g/mol. The smallest absolute Gasteiger partial charge is 0.407 e. The topological polar surface area (TPSA) is 90.9 Å². The maximum atomic E-state index is 12.2. The molecule has 1 saturated heterocycles. The van der Waals surface area contributed by atoms with E-state index in [2.05, 4.69) is 45.7 Å². The molecule has 1 fully saturated rings. The number of nitrogens with zero attached hydrogens (tertiary/aromatic N) is 3. The Morgan fingerprint density at radius 3 is 2.62 bits per heavy atom. The first-order valence-corrected chi connectivity index (χ1v) is 12.0. The van der Waals surface area contributed by atoms with Crippen molar-refractivity contribution in [3.05, 3.63) is 30.1 Å². The molecular weight excluding hydrogens is 404 g/mol. The van der Waals surface area contributed by atoms with Gasteiger partial charge in [0.25, 0.3) is 0 Å². The Labute approximate surface area is 193 Å². The van der Waals surface area contributed by atoms with Crippen LogP contribution in [0.3, 0.4) is 0 Å². The van der Waals surface area contributed by atoms with E-state index >= 15 is 0 Å². The van der Waals surface area contributed by atoms with E-state index in [0.29, 0.717) is 12.6 Å². The molecule has 180 valence electrons. The van der Waals surface area contributed by atoms with Crippen molar-refractivity contribution in [1.29, 1.82) is 0 Å². The highest BCUT2D eigenvalue weighted by atomic mass is 16.6. The van der Waals surface area contributed by atoms with E-state index in [-0.39, 0.29) is 12.1 Å². The number of rotatable bonds is 9. The number of amides is 1. The monoisotopic (exact) mass is 446 g/mol. The van der Waals surface area contributed by atoms with E-state index in [4.69, 9.17) is 9.73 Å². The summed E-state index contributed by atoms with van der Waals surface area (Å²) in [4.78, 5) is 23.8. The van der Waals surface area contributed by atoms with E-state index in [9.17, 15) is 4.79 Å². The van der Waals surface area contributed by atoms with E-state index in [0.717, 1.165) is 63.5 Å². The number of hydrogen-bond donors (Lipinski definition) is 3. The number of aliphatic imine (C=N–C) groups is 1. The molecule has 1 aromatic rings. The highest BCUT2D eigenvalue weighted by molar-refractivity contribution is 5.80. The zero-order valence-electron chi connectivity index (χ0n) is 20.5. The first-order chi connectivity index (χ1) is 15.3. The number of nitrogens with one attached hydrogen (secondary N) is 3. The third kappa shape index (κ3) is 10.3. The second-order valence-electron chi connectivity index (χ2n) is 9.37. The van der Waals surface area contributed by atoms with Gasteiger partial charge in [-0.1, -0.05) is 19.4 Å². The molecule has 0 saturated carbocycles. The number of aromatic nitrogens is 1. The number of guanidine groups is 1. The molecule has 8 nitrogen and oxygen atoms in total. The van der Waals surface area contributed by atoms with Gasteiger partial charge in [0.1, 0.15) is 5.60 Å². The number of hydrogen-bond acceptors (Lipinski definition) is 5. The molecular formula is C24H42N6O2. The molecule has 1 amide bonds. The fraction of sp³-hybridized carbons (Fsp3) is 0.708. The van der Waals surface area contributed by atoms with Gasteiger partial charge in [0.2, 0.25) is 0 Å². The first-order valence-electron chi connectivity index (χ1n) is 12.0. The van der Waals surface area contributed by atoms with Crippen LogP contribution in [-0.2, 0) is 11.3 Å². The van der Waals surface area contributed by atoms with Crippen molar-refractivity contribution in [3.63, 3.8) is 0 Å². The third-order valence-electron chi connectivity index (χ3n) is 5.21. The number of carbonyl (C=O) groups excluding carboxylic acids is 1. The van der Waals surface area contributed by atoms with E-state index in [1.165, 1.54) is 0 Å². The van der Waals surface area contributed by atoms with Crippen LogP contribution in [0.15, 0.2) is 29.4 Å². The van der Waals surface area contributed by atoms with Gasteiger partial charge in [0, 0.05) is 38.4 Å². The SMILES string of the molecule is CCCC(CN=C(NCC)NC1CCN(Cc2ccccn2)CC1)NC(=O)OC(C)(C)C. The van der Waals surface area contributed by atoms with Crippen molar-refractivity contribution < 1.29 is 9.53 Å². The summed E-state index contributed by atoms with van der Waals surface area (Å²) in [6.45, 7) is 14.1. The molecule has 1 aromatic heterocycles. The van der Waals surface area contributed by atoms with Crippen LogP contribution >= 0.6 is 0 Å². The minimum Gasteiger partial charge on any atom is -0.444 e. The molecule has 0 bridgehead atoms. The number of likely N-dealkylation sites (tertiary alicyclic amines) is 1. The van der Waals surface area contributed by atoms with Gasteiger partial charge in [-0.25, -0.2) is 4.79 Å². The van der Waals surface area contributed by atoms with Crippen LogP contribution < -0.4 is 16.0 Å². The highest BCUT2D eigenvalue weighted by Crippen LogP contribution is 2.13. The predicted octanol–water partition coefficient (Wildman–Crippen LogP) is 3.29. The number of carbonyl (C=O) groups is 1. The lowest BCUT2D eigenvalue weighted by Gasteiger charge is -2.33. The van der Waals surface area contributed by atoms with Crippen LogP contribution in [0.25, 0.3) is 0 Å². The Balaban J connectivity index is 1.85. The molecule has 0 aromatic carbocycles. The van der Waals surface area contributed by atoms with Crippen molar-refractivity contribution in [3.8, 4) is 0 Å². The van der Waals surface area contributed by atoms with Crippen LogP contribution in [0, 0.1) is 0 Å². The molecule has 2 heterocycles. The summed E-state index contributed by atoms with van der Waals surface area (Å²) >= 11 is 0. The van der Waals surface area contributed by atoms with Crippen molar-refractivity contribution >= 4 is 12.1 Å². The average Bonchev–Trinajstić information content (AvgIpc) is 2.73. The molecule has 32 heavy (non-hydrogen) atoms. The van der Waals surface area contributed by atoms with Crippen LogP contribution in [0.2, 0.25) is 0 Å². The molecule has 0 spiro atoms. The lowest BCUT2D eigenvalue weighted by molar-refractivity contribution is 0.0503. The quantitative estimate of drug-likeness (QED) is 0.398. The summed E-state index contributed by atoms with van der Waals surface area (Å²) in [6.07, 6.45) is 5.41. The van der Waals surface area contributed by atoms with Gasteiger partial charge in [-0.2, -0.15) is 0 Å². The summed E-state index contributed by atoms with van der Waals surface area (Å²) in [5.41, 5.74) is 0.611. The zero-order chi connectivity index (χ0) is 23.4. The molecule has 2 rings (SSSR count). The third-order valence-corrected chi connectivity index (χ3v) is 5.21. The minimum atomic E-state index is -0.508. The molecule has 8 heteroatoms. The summed E-state index contributed by atoms with van der Waals surface area (Å²) < 4.78 is 5.40. The minimum absolute atomic E-state index is 0.0504. The lowest BCUT2D eigenvalue weighted by atomic mass is 10.0. The summed E-state index contributed by atoms with van der Waals surface area (Å²) in [5, 5.41) is 9.89. The Morgan fingerprint density at radius 2 is 2.03 bits per heavy atom. The Bertz CT molecular complexity index is 696. The predicted molar refractivity (Wildman–Crippen MR) is 130 cm³/mol. The van der Waals surface area contributed by atoms with E-state index in [1.807, 2.05) is 39.1 Å². The van der Waals surface area contributed by atoms with Crippen molar-refractivity contribution in [2.75, 3.05) is 26.2 Å². The van der Waals surface area contributed by atoms with Crippen LogP contribution in [0.4, 0.5) is 4.79 Å². The second kappa shape index (κ2) is 13.3. The maximum Gasteiger partial charge on any atom is 0.407 e. The summed E-state index contributed by atoms with van der Waals surface area (Å²) in [6, 6.07) is 6.41. The van der Waals surface area contributed by atoms with Crippen molar-refractivity contribution in [1.82, 2.24) is 25.8 Å². The largest absolute Gasteiger partial charge is 0.444 e. The number of alkyl carbamates (subject to hydrolysis) is 1. The maximum absolute atomic E-state index is 12.2. The second-order valence-corrected chi connectivity index (χ2v) is 9.37. The van der Waals surface area contributed by atoms with Gasteiger partial charge >= 0.3 is 6.09 Å². The molecule has 1 atom stereocenters. The fourth-order valence-corrected chi connectivity index (χ4v) is 3.70. The van der Waals surface area contributed by atoms with Crippen LogP contribution in [0.5, 0.6) is 0 Å². The Hall–Kier alpha value is -2.35. The number of pyridine rings is 1. The van der Waals surface area contributed by atoms with Crippen molar-refractivity contribution in [2.45, 2.75) is 84.5 Å². The zero-order valence-corrected chi connectivity index (χ0v) is 20.5. The molecule has 3 N–H and O–H groups in total. The highest BCUT2D eigenvalue weighted by Gasteiger charge is 2.21. The summed E-state index contributed by atoms with van der Waals surface area (Å²) in [5.74, 6) is 0.808. The van der Waals surface area contributed by atoms with Gasteiger partial charge < -0.3 is 20.7 Å². The Kier molecular flexibility index (Phi) is 10.7. The summed E-state index contributed by atoms with van der Waals surface area (Å²) in [7, 11) is 0. The van der Waals surface area contributed by atoms with Crippen molar-refractivity contribution in [2.24, 2.45) is 4.99 Å². The lowest BCUT2D eigenvalue weighted by Crippen LogP contribution is -2.49. The first kappa shape index (κ1) is 25.9.